The van der Waals surface area contributed by atoms with Crippen molar-refractivity contribution in [3.05, 3.63) is 0 Å². The third kappa shape index (κ3) is 9.70. The van der Waals surface area contributed by atoms with Crippen molar-refractivity contribution in [1.82, 2.24) is 4.90 Å². The van der Waals surface area contributed by atoms with E-state index < -0.39 is 129 Å². The van der Waals surface area contributed by atoms with Gasteiger partial charge in [0.2, 0.25) is 0 Å². The number of nitrogens with zero attached hydrogens (tertiary/aromatic N) is 1. The first kappa shape index (κ1) is 43.7. The van der Waals surface area contributed by atoms with Crippen LogP contribution in [0.2, 0.25) is 0 Å². The van der Waals surface area contributed by atoms with Gasteiger partial charge >= 0.3 is 5.97 Å². The lowest BCUT2D eigenvalue weighted by Crippen LogP contribution is -2.70. The Morgan fingerprint density at radius 2 is 1.53 bits per heavy atom. The largest absolute Gasteiger partial charge is 0.480 e. The molecule has 0 saturated carbocycles. The van der Waals surface area contributed by atoms with Gasteiger partial charge in [-0.3, -0.25) is 9.69 Å². The van der Waals surface area contributed by atoms with Crippen molar-refractivity contribution >= 4 is 12.3 Å². The minimum Gasteiger partial charge on any atom is -0.480 e. The zero-order valence-corrected chi connectivity index (χ0v) is 28.6. The lowest BCUT2D eigenvalue weighted by Gasteiger charge is -2.52. The van der Waals surface area contributed by atoms with Crippen molar-refractivity contribution in [3.63, 3.8) is 0 Å². The molecular weight excluding hydrogens is 658 g/mol. The molecule has 0 aromatic rings. The summed E-state index contributed by atoms with van der Waals surface area (Å²) in [7, 11) is 1.40. The van der Waals surface area contributed by atoms with Crippen LogP contribution >= 0.6 is 0 Å². The number of carbonyl (C=O) groups is 2. The van der Waals surface area contributed by atoms with Gasteiger partial charge in [-0.15, -0.1) is 0 Å². The van der Waals surface area contributed by atoms with Crippen LogP contribution in [-0.4, -0.2) is 198 Å². The van der Waals surface area contributed by atoms with Crippen LogP contribution < -0.4 is 0 Å². The molecule has 2 aliphatic heterocycles. The average molecular weight is 716 g/mol. The highest BCUT2D eigenvalue weighted by atomic mass is 16.7. The van der Waals surface area contributed by atoms with E-state index in [1.165, 1.54) is 11.9 Å². The maximum Gasteiger partial charge on any atom is 0.317 e. The van der Waals surface area contributed by atoms with Crippen molar-refractivity contribution < 1.29 is 84.7 Å². The minimum absolute atomic E-state index is 0.102. The first-order valence-corrected chi connectivity index (χ1v) is 16.6. The molecule has 0 radical (unpaired) electrons. The van der Waals surface area contributed by atoms with Gasteiger partial charge < -0.3 is 79.9 Å². The molecule has 18 heteroatoms. The monoisotopic (exact) mass is 715 g/mol. The number of aliphatic hydroxyl groups excluding tert-OH is 10. The second-order valence-corrected chi connectivity index (χ2v) is 13.2. The van der Waals surface area contributed by atoms with Crippen LogP contribution in [0.3, 0.4) is 0 Å². The number of aldehydes is 1. The lowest BCUT2D eigenvalue weighted by atomic mass is 9.81. The highest BCUT2D eigenvalue weighted by Crippen LogP contribution is 2.40. The fourth-order valence-electron chi connectivity index (χ4n) is 6.51. The maximum absolute atomic E-state index is 11.6. The van der Waals surface area contributed by atoms with E-state index in [1.807, 2.05) is 0 Å². The van der Waals surface area contributed by atoms with Gasteiger partial charge in [-0.05, 0) is 26.3 Å². The number of likely N-dealkylation sites (N-methyl/N-ethyl adjacent to an activating group) is 1. The molecular formula is C31H57NO17. The van der Waals surface area contributed by atoms with Gasteiger partial charge in [0, 0.05) is 12.5 Å². The zero-order chi connectivity index (χ0) is 37.4. The standard InChI is InChI=1S/C31H57NO17/c1-6-15(4)31(28(45)26(43)23(40)18(12-34)49-31)47-14-19-24(41)25(42)27(44)29(48-19)30(7-2,8-3)46-13-17(35)22(39)21(38)16(11-33)9-32(5)10-20(36)37/h11,15-19,21-29,34-35,38-45H,6-10,12-14H2,1-5H3,(H,36,37). The fraction of sp³-hybridized carbons (Fsp3) is 0.935. The minimum atomic E-state index is -1.99. The number of aliphatic carboxylic acids is 1. The van der Waals surface area contributed by atoms with E-state index in [0.29, 0.717) is 12.7 Å². The average Bonchev–Trinajstić information content (AvgIpc) is 3.08. The predicted octanol–water partition coefficient (Wildman–Crippen LogP) is -4.44. The third-order valence-electron chi connectivity index (χ3n) is 10.0. The molecule has 0 spiro atoms. The van der Waals surface area contributed by atoms with E-state index in [-0.39, 0.29) is 19.4 Å². The summed E-state index contributed by atoms with van der Waals surface area (Å²) in [5, 5.41) is 115. The predicted molar refractivity (Wildman–Crippen MR) is 167 cm³/mol. The smallest absolute Gasteiger partial charge is 0.317 e. The molecule has 15 unspecified atom stereocenters. The Balaban J connectivity index is 2.27. The van der Waals surface area contributed by atoms with Crippen LogP contribution in [0.25, 0.3) is 0 Å². The van der Waals surface area contributed by atoms with Crippen molar-refractivity contribution in [3.8, 4) is 0 Å². The molecule has 49 heavy (non-hydrogen) atoms. The normalized spacial score (nSPS) is 35.8. The molecule has 0 aromatic heterocycles. The molecule has 2 saturated heterocycles. The maximum atomic E-state index is 11.6. The number of hydrogen-bond donors (Lipinski definition) is 11. The van der Waals surface area contributed by atoms with Gasteiger partial charge in [0.1, 0.15) is 73.4 Å². The van der Waals surface area contributed by atoms with Crippen molar-refractivity contribution in [2.24, 2.45) is 11.8 Å². The van der Waals surface area contributed by atoms with Crippen molar-refractivity contribution in [2.45, 2.75) is 132 Å². The summed E-state index contributed by atoms with van der Waals surface area (Å²) < 4.78 is 23.9. The number of carboxylic acid groups (broad SMARTS) is 1. The molecule has 0 bridgehead atoms. The van der Waals surface area contributed by atoms with Crippen LogP contribution in [0.15, 0.2) is 0 Å². The Kier molecular flexibility index (Phi) is 16.8. The van der Waals surface area contributed by atoms with Gasteiger partial charge in [0.25, 0.3) is 0 Å². The molecule has 18 nitrogen and oxygen atoms in total. The zero-order valence-electron chi connectivity index (χ0n) is 28.6. The Morgan fingerprint density at radius 3 is 2.04 bits per heavy atom. The molecule has 0 aromatic carbocycles. The first-order chi connectivity index (χ1) is 22.9. The first-order valence-electron chi connectivity index (χ1n) is 16.6. The van der Waals surface area contributed by atoms with E-state index in [9.17, 15) is 60.7 Å². The summed E-state index contributed by atoms with van der Waals surface area (Å²) in [5.41, 5.74) is -1.48. The van der Waals surface area contributed by atoms with E-state index in [1.54, 1.807) is 27.7 Å². The topological polar surface area (TPSA) is 297 Å². The van der Waals surface area contributed by atoms with Gasteiger partial charge in [-0.2, -0.15) is 0 Å². The molecule has 15 atom stereocenters. The highest BCUT2D eigenvalue weighted by molar-refractivity contribution is 5.69. The third-order valence-corrected chi connectivity index (χ3v) is 10.0. The quantitative estimate of drug-likeness (QED) is 0.0530. The molecule has 2 fully saturated rings. The molecule has 2 aliphatic rings. The molecule has 0 aliphatic carbocycles. The van der Waals surface area contributed by atoms with E-state index in [4.69, 9.17) is 24.1 Å². The van der Waals surface area contributed by atoms with Crippen molar-refractivity contribution in [1.29, 1.82) is 0 Å². The summed E-state index contributed by atoms with van der Waals surface area (Å²) >= 11 is 0. The van der Waals surface area contributed by atoms with E-state index in [2.05, 4.69) is 0 Å². The Hall–Kier alpha value is -1.46. The SMILES string of the molecule is CCC(C)C1(OCC2OC(C(CC)(CC)OCC(O)C(O)C(O)C(C=O)CN(C)CC(=O)O)C(O)C(O)C2O)OC(CO)C(O)C(O)C1O. The van der Waals surface area contributed by atoms with E-state index in [0.717, 1.165) is 0 Å². The molecule has 2 rings (SSSR count). The number of carbonyl (C=O) groups excluding carboxylic acids is 1. The second kappa shape index (κ2) is 18.9. The van der Waals surface area contributed by atoms with Crippen LogP contribution in [0.1, 0.15) is 47.0 Å². The number of rotatable bonds is 20. The second-order valence-electron chi connectivity index (χ2n) is 13.2. The number of ether oxygens (including phenoxy) is 4. The van der Waals surface area contributed by atoms with Crippen LogP contribution in [0, 0.1) is 11.8 Å². The number of hydrogen-bond acceptors (Lipinski definition) is 17. The molecule has 2 heterocycles. The number of carboxylic acids is 1. The molecule has 11 N–H and O–H groups in total. The fourth-order valence-corrected chi connectivity index (χ4v) is 6.51. The van der Waals surface area contributed by atoms with Crippen LogP contribution in [0.5, 0.6) is 0 Å². The van der Waals surface area contributed by atoms with Crippen molar-refractivity contribution in [2.75, 3.05) is 40.0 Å². The highest BCUT2D eigenvalue weighted by Gasteiger charge is 2.58. The molecule has 288 valence electrons. The van der Waals surface area contributed by atoms with Gasteiger partial charge in [-0.25, -0.2) is 0 Å². The summed E-state index contributed by atoms with van der Waals surface area (Å²) in [6.45, 7) is 4.08. The van der Waals surface area contributed by atoms with Gasteiger partial charge in [0.05, 0.1) is 44.0 Å². The van der Waals surface area contributed by atoms with Crippen LogP contribution in [0.4, 0.5) is 0 Å². The summed E-state index contributed by atoms with van der Waals surface area (Å²) in [6, 6.07) is 0. The lowest BCUT2D eigenvalue weighted by molar-refractivity contribution is -0.390. The van der Waals surface area contributed by atoms with Crippen LogP contribution in [-0.2, 0) is 28.5 Å². The van der Waals surface area contributed by atoms with Gasteiger partial charge in [-0.1, -0.05) is 27.7 Å². The summed E-state index contributed by atoms with van der Waals surface area (Å²) in [6.07, 6.45) is -19.2. The Labute approximate surface area is 285 Å². The number of aliphatic hydroxyl groups is 10. The summed E-state index contributed by atoms with van der Waals surface area (Å²) in [5.74, 6) is -5.07. The molecule has 0 amide bonds. The Bertz CT molecular complexity index is 1020. The Morgan fingerprint density at radius 1 is 0.939 bits per heavy atom. The van der Waals surface area contributed by atoms with Gasteiger partial charge in [0.15, 0.2) is 5.79 Å². The van der Waals surface area contributed by atoms with E-state index >= 15 is 0 Å². The summed E-state index contributed by atoms with van der Waals surface area (Å²) in [4.78, 5) is 23.8.